The lowest BCUT2D eigenvalue weighted by molar-refractivity contribution is -0.212. The van der Waals surface area contributed by atoms with E-state index < -0.39 is 5.79 Å². The van der Waals surface area contributed by atoms with E-state index in [9.17, 15) is 9.59 Å². The van der Waals surface area contributed by atoms with Crippen molar-refractivity contribution in [2.45, 2.75) is 110 Å². The molecular formula is C34H46N2O4. The fraction of sp³-hybridized carbons (Fsp3) is 0.647. The zero-order chi connectivity index (χ0) is 28.8. The van der Waals surface area contributed by atoms with Gasteiger partial charge in [0.1, 0.15) is 0 Å². The summed E-state index contributed by atoms with van der Waals surface area (Å²) in [6, 6.07) is 0. The Kier molecular flexibility index (Phi) is 6.34. The van der Waals surface area contributed by atoms with Gasteiger partial charge in [-0.05, 0) is 96.9 Å². The van der Waals surface area contributed by atoms with E-state index in [2.05, 4.69) is 45.8 Å². The van der Waals surface area contributed by atoms with Crippen molar-refractivity contribution in [2.75, 3.05) is 27.2 Å². The van der Waals surface area contributed by atoms with Gasteiger partial charge in [-0.3, -0.25) is 9.59 Å². The molecule has 2 heterocycles. The molecular weight excluding hydrogens is 500 g/mol. The molecule has 216 valence electrons. The van der Waals surface area contributed by atoms with Gasteiger partial charge in [-0.1, -0.05) is 25.5 Å². The van der Waals surface area contributed by atoms with Gasteiger partial charge in [0, 0.05) is 59.7 Å². The summed E-state index contributed by atoms with van der Waals surface area (Å²) in [6.45, 7) is 13.5. The molecule has 1 amide bonds. The quantitative estimate of drug-likeness (QED) is 0.422. The number of ether oxygens (including phenoxy) is 2. The molecule has 1 atom stereocenters. The van der Waals surface area contributed by atoms with Gasteiger partial charge in [0.25, 0.3) is 11.7 Å². The molecule has 3 saturated carbocycles. The van der Waals surface area contributed by atoms with E-state index in [-0.39, 0.29) is 23.0 Å². The van der Waals surface area contributed by atoms with E-state index in [1.54, 1.807) is 0 Å². The maximum atomic E-state index is 14.1. The summed E-state index contributed by atoms with van der Waals surface area (Å²) in [7, 11) is 4.45. The van der Waals surface area contributed by atoms with Gasteiger partial charge in [0.05, 0.1) is 0 Å². The molecule has 2 bridgehead atoms. The van der Waals surface area contributed by atoms with Crippen LogP contribution in [0.3, 0.4) is 0 Å². The zero-order valence-corrected chi connectivity index (χ0v) is 25.8. The van der Waals surface area contributed by atoms with Crippen LogP contribution in [-0.2, 0) is 11.2 Å². The minimum Gasteiger partial charge on any atom is -0.448 e. The van der Waals surface area contributed by atoms with Gasteiger partial charge in [-0.2, -0.15) is 0 Å². The largest absolute Gasteiger partial charge is 0.448 e. The first-order chi connectivity index (χ1) is 18.8. The topological polar surface area (TPSA) is 59.1 Å². The third-order valence-corrected chi connectivity index (χ3v) is 11.3. The Morgan fingerprint density at radius 1 is 0.975 bits per heavy atom. The third-order valence-electron chi connectivity index (χ3n) is 11.3. The highest BCUT2D eigenvalue weighted by Crippen LogP contribution is 2.63. The molecule has 3 fully saturated rings. The van der Waals surface area contributed by atoms with Crippen molar-refractivity contribution in [3.05, 3.63) is 45.0 Å². The van der Waals surface area contributed by atoms with Crippen molar-refractivity contribution in [3.8, 4) is 11.5 Å². The predicted octanol–water partition coefficient (Wildman–Crippen LogP) is 6.49. The molecule has 0 saturated heterocycles. The molecule has 1 aromatic rings. The fourth-order valence-corrected chi connectivity index (χ4v) is 8.58. The fourth-order valence-electron chi connectivity index (χ4n) is 8.58. The van der Waals surface area contributed by atoms with Crippen LogP contribution in [-0.4, -0.2) is 60.0 Å². The number of allylic oxidation sites excluding steroid dienone is 3. The van der Waals surface area contributed by atoms with Gasteiger partial charge in [0.2, 0.25) is 0 Å². The third kappa shape index (κ3) is 3.84. The second-order valence-corrected chi connectivity index (χ2v) is 14.0. The number of carbonyl (C=O) groups excluding carboxylic acids is 2. The lowest BCUT2D eigenvalue weighted by atomic mass is 9.54. The van der Waals surface area contributed by atoms with Gasteiger partial charge in [-0.25, -0.2) is 0 Å². The lowest BCUT2D eigenvalue weighted by Crippen LogP contribution is -2.62. The average molecular weight is 547 g/mol. The maximum Gasteiger partial charge on any atom is 0.254 e. The van der Waals surface area contributed by atoms with Gasteiger partial charge in [-0.15, -0.1) is 0 Å². The van der Waals surface area contributed by atoms with Crippen LogP contribution in [0.1, 0.15) is 113 Å². The molecule has 40 heavy (non-hydrogen) atoms. The molecule has 0 radical (unpaired) electrons. The van der Waals surface area contributed by atoms with Crippen LogP contribution in [0.25, 0.3) is 0 Å². The maximum absolute atomic E-state index is 14.1. The summed E-state index contributed by atoms with van der Waals surface area (Å²) in [5.41, 5.74) is 6.97. The Morgan fingerprint density at radius 3 is 2.17 bits per heavy atom. The Morgan fingerprint density at radius 2 is 1.60 bits per heavy atom. The Hall–Kier alpha value is -2.60. The summed E-state index contributed by atoms with van der Waals surface area (Å²) in [5, 5.41) is 0. The minimum atomic E-state index is -0.740. The van der Waals surface area contributed by atoms with E-state index >= 15 is 0 Å². The Bertz CT molecular complexity index is 1340. The molecule has 6 aliphatic rings. The van der Waals surface area contributed by atoms with Crippen LogP contribution >= 0.6 is 0 Å². The monoisotopic (exact) mass is 546 g/mol. The van der Waals surface area contributed by atoms with Crippen LogP contribution in [0.5, 0.6) is 11.5 Å². The molecule has 2 aliphatic heterocycles. The molecule has 1 aromatic carbocycles. The zero-order valence-electron chi connectivity index (χ0n) is 25.8. The van der Waals surface area contributed by atoms with Crippen molar-refractivity contribution in [2.24, 2.45) is 5.41 Å². The second-order valence-electron chi connectivity index (χ2n) is 14.0. The summed E-state index contributed by atoms with van der Waals surface area (Å²) in [4.78, 5) is 31.3. The summed E-state index contributed by atoms with van der Waals surface area (Å²) in [5.74, 6) is 1.21. The highest BCUT2D eigenvalue weighted by atomic mass is 16.7. The smallest absolute Gasteiger partial charge is 0.254 e. The van der Waals surface area contributed by atoms with Gasteiger partial charge >= 0.3 is 0 Å². The van der Waals surface area contributed by atoms with Crippen LogP contribution < -0.4 is 9.47 Å². The molecule has 0 N–H and O–H groups in total. The molecule has 0 spiro atoms. The standard InChI is InChI=1S/C34H46N2O4/c1-20(2)27-24-9-16-36(19-25-22(4)17-21(3)18-26(25)37)31(38)28(24)23(5)29-30(27)40-32(6,39-29)33-10-13-34(14-11-33,15-12-33)35(7)8/h17,20H,9-16,18-19H2,1-8H3. The number of amides is 1. The molecule has 6 heteroatoms. The SMILES string of the molecule is CC1=CC(C)=C(CN2CCc3c(c(C)c4c(c3C(C)C)OC(C)(C35CCC(N(C)C)(CC3)CC5)O4)C2=O)C(=O)C1. The summed E-state index contributed by atoms with van der Waals surface area (Å²) in [6.07, 6.45) is 10.1. The van der Waals surface area contributed by atoms with Crippen molar-refractivity contribution in [1.82, 2.24) is 9.80 Å². The first-order valence-corrected chi connectivity index (χ1v) is 15.3. The van der Waals surface area contributed by atoms with Gasteiger partial charge < -0.3 is 19.3 Å². The van der Waals surface area contributed by atoms with E-state index in [0.717, 1.165) is 76.2 Å². The van der Waals surface area contributed by atoms with Crippen molar-refractivity contribution in [3.63, 3.8) is 0 Å². The lowest BCUT2D eigenvalue weighted by Gasteiger charge is -2.59. The first-order valence-electron chi connectivity index (χ1n) is 15.3. The minimum absolute atomic E-state index is 0.00397. The van der Waals surface area contributed by atoms with E-state index in [1.165, 1.54) is 19.3 Å². The number of fused-ring (bicyclic) bond motifs is 5. The van der Waals surface area contributed by atoms with Gasteiger partial charge in [0.15, 0.2) is 17.3 Å². The Labute approximate surface area is 239 Å². The van der Waals surface area contributed by atoms with Crippen molar-refractivity contribution in [1.29, 1.82) is 0 Å². The van der Waals surface area contributed by atoms with Crippen molar-refractivity contribution >= 4 is 11.7 Å². The number of Topliss-reactive ketones (excluding diaryl/α,β-unsaturated/α-hetero) is 1. The Balaban J connectivity index is 1.36. The van der Waals surface area contributed by atoms with E-state index in [0.29, 0.717) is 25.0 Å². The number of hydrogen-bond donors (Lipinski definition) is 0. The second kappa shape index (κ2) is 9.20. The first kappa shape index (κ1) is 27.6. The number of carbonyl (C=O) groups is 2. The van der Waals surface area contributed by atoms with Crippen LogP contribution in [0, 0.1) is 12.3 Å². The molecule has 0 aromatic heterocycles. The molecule has 4 aliphatic carbocycles. The van der Waals surface area contributed by atoms with E-state index in [1.807, 2.05) is 25.7 Å². The highest BCUT2D eigenvalue weighted by Gasteiger charge is 2.63. The number of rotatable bonds is 5. The van der Waals surface area contributed by atoms with Crippen molar-refractivity contribution < 1.29 is 19.1 Å². The average Bonchev–Trinajstić information content (AvgIpc) is 3.27. The van der Waals surface area contributed by atoms with E-state index in [4.69, 9.17) is 9.47 Å². The molecule has 1 unspecified atom stereocenters. The van der Waals surface area contributed by atoms with Crippen LogP contribution in [0.15, 0.2) is 22.8 Å². The number of hydrogen-bond acceptors (Lipinski definition) is 5. The van der Waals surface area contributed by atoms with Crippen LogP contribution in [0.2, 0.25) is 0 Å². The highest BCUT2D eigenvalue weighted by molar-refractivity contribution is 6.03. The molecule has 7 rings (SSSR count). The number of ketones is 1. The number of nitrogens with zero attached hydrogens (tertiary/aromatic N) is 2. The predicted molar refractivity (Wildman–Crippen MR) is 157 cm³/mol. The number of benzene rings is 1. The normalized spacial score (nSPS) is 31.4. The van der Waals surface area contributed by atoms with Crippen LogP contribution in [0.4, 0.5) is 0 Å². The summed E-state index contributed by atoms with van der Waals surface area (Å²) < 4.78 is 13.9. The molecule has 6 nitrogen and oxygen atoms in total. The summed E-state index contributed by atoms with van der Waals surface area (Å²) >= 11 is 0.